The average molecular weight is 413 g/mol. The second kappa shape index (κ2) is 20.8. The van der Waals surface area contributed by atoms with E-state index in [1.54, 1.807) is 0 Å². The van der Waals surface area contributed by atoms with Gasteiger partial charge in [-0.25, -0.2) is 0 Å². The Morgan fingerprint density at radius 3 is 1.26 bits per heavy atom. The van der Waals surface area contributed by atoms with E-state index in [0.29, 0.717) is 0 Å². The van der Waals surface area contributed by atoms with Gasteiger partial charge in [-0.1, -0.05) is 0 Å². The topological polar surface area (TPSA) is 0 Å². The molecule has 8 heteroatoms. The van der Waals surface area contributed by atoms with E-state index < -0.39 is 0 Å². The zero-order valence-electron chi connectivity index (χ0n) is 11.1. The molecular weight excluding hydrogens is 389 g/mol. The van der Waals surface area contributed by atoms with Crippen LogP contribution in [0.15, 0.2) is 0 Å². The normalized spacial score (nSPS) is 11.1. The Kier molecular flexibility index (Phi) is 23.9. The number of hydrogen-bond donors (Lipinski definition) is 2. The molecule has 0 spiro atoms. The highest BCUT2D eigenvalue weighted by atomic mass is 32.2. The van der Waals surface area contributed by atoms with Gasteiger partial charge in [0, 0.05) is 25.4 Å². The molecule has 0 aliphatic rings. The number of hydrogen-bond acceptors (Lipinski definition) is 8. The first kappa shape index (κ1) is 21.8. The van der Waals surface area contributed by atoms with E-state index in [-0.39, 0.29) is 0 Å². The molecule has 0 unspecified atom stereocenters. The average Bonchev–Trinajstić information content (AvgIpc) is 2.43. The fourth-order valence-electron chi connectivity index (χ4n) is 1.02. The molecule has 0 radical (unpaired) electrons. The summed E-state index contributed by atoms with van der Waals surface area (Å²) < 4.78 is 0. The van der Waals surface area contributed by atoms with E-state index in [1.165, 1.54) is 51.1 Å². The molecule has 0 atom stereocenters. The van der Waals surface area contributed by atoms with Crippen molar-refractivity contribution in [1.29, 1.82) is 0 Å². The largest absolute Gasteiger partial charge is 0.168 e. The van der Waals surface area contributed by atoms with Crippen molar-refractivity contribution in [3.63, 3.8) is 0 Å². The Bertz CT molecular complexity index is 142. The van der Waals surface area contributed by atoms with Gasteiger partial charge in [0.1, 0.15) is 0 Å². The predicted octanol–water partition coefficient (Wildman–Crippen LogP) is 5.81. The second-order valence-electron chi connectivity index (χ2n) is 3.36. The molecule has 0 aliphatic heterocycles. The van der Waals surface area contributed by atoms with Crippen LogP contribution in [0.25, 0.3) is 0 Å². The first-order valence-electron chi connectivity index (χ1n) is 6.10. The summed E-state index contributed by atoms with van der Waals surface area (Å²) in [6, 6.07) is 0. The van der Waals surface area contributed by atoms with Crippen molar-refractivity contribution in [2.24, 2.45) is 0 Å². The molecule has 0 aliphatic carbocycles. The van der Waals surface area contributed by atoms with Crippen LogP contribution in [-0.4, -0.2) is 48.4 Å². The van der Waals surface area contributed by atoms with Crippen LogP contribution in [0.5, 0.6) is 0 Å². The quantitative estimate of drug-likeness (QED) is 0.185. The third-order valence-corrected chi connectivity index (χ3v) is 9.61. The van der Waals surface area contributed by atoms with Crippen LogP contribution in [-0.2, 0) is 0 Å². The maximum Gasteiger partial charge on any atom is 0.0408 e. The molecule has 0 aromatic heterocycles. The maximum atomic E-state index is 4.19. The van der Waals surface area contributed by atoms with E-state index in [0.717, 1.165) is 10.2 Å². The summed E-state index contributed by atoms with van der Waals surface area (Å²) >= 11 is 20.5. The third kappa shape index (κ3) is 20.8. The molecule has 116 valence electrons. The van der Waals surface area contributed by atoms with Crippen molar-refractivity contribution in [2.75, 3.05) is 48.4 Å². The van der Waals surface area contributed by atoms with Crippen molar-refractivity contribution in [3.8, 4) is 0 Å². The maximum absolute atomic E-state index is 4.19. The lowest BCUT2D eigenvalue weighted by Crippen LogP contribution is -1.86. The van der Waals surface area contributed by atoms with Crippen LogP contribution in [0, 0.1) is 0 Å². The van der Waals surface area contributed by atoms with Gasteiger partial charge in [-0.15, -0.1) is 23.5 Å². The monoisotopic (exact) mass is 412 g/mol. The van der Waals surface area contributed by atoms with Gasteiger partial charge < -0.3 is 0 Å². The van der Waals surface area contributed by atoms with Crippen molar-refractivity contribution in [2.45, 2.75) is 12.8 Å². The summed E-state index contributed by atoms with van der Waals surface area (Å²) in [5.74, 6) is 5.13. The van der Waals surface area contributed by atoms with Gasteiger partial charge in [0.25, 0.3) is 0 Å². The van der Waals surface area contributed by atoms with Gasteiger partial charge in [0.15, 0.2) is 0 Å². The highest BCUT2D eigenvalue weighted by Crippen LogP contribution is 2.22. The minimum Gasteiger partial charge on any atom is -0.168 e. The molecule has 0 aromatic rings. The molecule has 0 saturated carbocycles. The smallest absolute Gasteiger partial charge is 0.0408 e. The summed E-state index contributed by atoms with van der Waals surface area (Å²) in [4.78, 5) is 0. The minimum absolute atomic E-state index is 0.959. The van der Waals surface area contributed by atoms with Crippen LogP contribution < -0.4 is 0 Å². The number of thiol groups is 2. The van der Waals surface area contributed by atoms with Crippen LogP contribution in [0.2, 0.25) is 0 Å². The molecule has 0 bridgehead atoms. The van der Waals surface area contributed by atoms with E-state index in [4.69, 9.17) is 0 Å². The highest BCUT2D eigenvalue weighted by molar-refractivity contribution is 8.26. The Morgan fingerprint density at radius 2 is 0.842 bits per heavy atom. The van der Waals surface area contributed by atoms with Crippen molar-refractivity contribution in [3.05, 3.63) is 0 Å². The SMILES string of the molecule is SCSCCCSCSCSCSCCCSCS. The summed E-state index contributed by atoms with van der Waals surface area (Å²) in [5.41, 5.74) is 0. The van der Waals surface area contributed by atoms with Gasteiger partial charge in [-0.05, 0) is 35.9 Å². The molecular formula is C11H24S8. The predicted molar refractivity (Wildman–Crippen MR) is 117 cm³/mol. The van der Waals surface area contributed by atoms with Gasteiger partial charge in [-0.3, -0.25) is 0 Å². The lowest BCUT2D eigenvalue weighted by Gasteiger charge is -2.03. The summed E-state index contributed by atoms with van der Waals surface area (Å²) in [7, 11) is 0. The molecule has 0 amide bonds. The Morgan fingerprint density at radius 1 is 0.474 bits per heavy atom. The number of rotatable bonds is 16. The lowest BCUT2D eigenvalue weighted by atomic mass is 10.6. The summed E-state index contributed by atoms with van der Waals surface area (Å²) in [6.07, 6.45) is 2.65. The van der Waals surface area contributed by atoms with Gasteiger partial charge in [-0.2, -0.15) is 72.3 Å². The zero-order chi connectivity index (χ0) is 14.0. The fourth-order valence-corrected chi connectivity index (χ4v) is 7.94. The van der Waals surface area contributed by atoms with E-state index in [1.807, 2.05) is 23.5 Å². The Hall–Kier alpha value is 2.80. The van der Waals surface area contributed by atoms with E-state index in [2.05, 4.69) is 72.3 Å². The van der Waals surface area contributed by atoms with Crippen LogP contribution in [0.4, 0.5) is 0 Å². The third-order valence-electron chi connectivity index (χ3n) is 1.84. The molecule has 0 nitrogen and oxygen atoms in total. The molecule has 0 saturated heterocycles. The molecule has 0 N–H and O–H groups in total. The molecule has 0 rings (SSSR count). The Balaban J connectivity index is 2.88. The minimum atomic E-state index is 0.959. The van der Waals surface area contributed by atoms with Gasteiger partial charge in [0.05, 0.1) is 0 Å². The molecule has 0 heterocycles. The standard InChI is InChI=1S/C11H24S8/c12-7-14-3-1-5-16-9-18-11-19-10-17-6-2-4-15-8-13/h12-13H,1-11H2. The van der Waals surface area contributed by atoms with Crippen LogP contribution in [0.1, 0.15) is 12.8 Å². The van der Waals surface area contributed by atoms with Crippen molar-refractivity contribution in [1.82, 2.24) is 0 Å². The first-order valence-corrected chi connectivity index (χ1v) is 14.3. The van der Waals surface area contributed by atoms with Crippen molar-refractivity contribution >= 4 is 95.8 Å². The van der Waals surface area contributed by atoms with E-state index >= 15 is 0 Å². The fraction of sp³-hybridized carbons (Fsp3) is 1.00. The van der Waals surface area contributed by atoms with Crippen molar-refractivity contribution < 1.29 is 0 Å². The highest BCUT2D eigenvalue weighted by Gasteiger charge is 1.94. The number of thioether (sulfide) groups is 6. The van der Waals surface area contributed by atoms with Gasteiger partial charge >= 0.3 is 0 Å². The Labute approximate surface area is 155 Å². The van der Waals surface area contributed by atoms with Crippen LogP contribution in [0.3, 0.4) is 0 Å². The first-order chi connectivity index (χ1) is 9.41. The lowest BCUT2D eigenvalue weighted by molar-refractivity contribution is 1.13. The van der Waals surface area contributed by atoms with E-state index in [9.17, 15) is 0 Å². The van der Waals surface area contributed by atoms with Gasteiger partial charge in [0.2, 0.25) is 0 Å². The summed E-state index contributed by atoms with van der Waals surface area (Å²) in [6.45, 7) is 0. The van der Waals surface area contributed by atoms with Crippen LogP contribution >= 0.6 is 95.8 Å². The summed E-state index contributed by atoms with van der Waals surface area (Å²) in [5, 5.41) is 5.67. The second-order valence-corrected chi connectivity index (χ2v) is 12.3. The zero-order valence-corrected chi connectivity index (χ0v) is 17.8. The molecule has 0 aromatic carbocycles. The molecule has 19 heavy (non-hydrogen) atoms. The molecule has 0 fully saturated rings.